The lowest BCUT2D eigenvalue weighted by atomic mass is 9.99. The van der Waals surface area contributed by atoms with Crippen LogP contribution >= 0.6 is 0 Å². The summed E-state index contributed by atoms with van der Waals surface area (Å²) in [4.78, 5) is 13.5. The van der Waals surface area contributed by atoms with E-state index in [9.17, 15) is 9.18 Å². The molecule has 1 fully saturated rings. The molecular formula is C17H19FN2O. The third-order valence-corrected chi connectivity index (χ3v) is 4.04. The lowest BCUT2D eigenvalue weighted by molar-refractivity contribution is -0.142. The molecule has 21 heavy (non-hydrogen) atoms. The number of amides is 1. The van der Waals surface area contributed by atoms with E-state index in [1.54, 1.807) is 6.92 Å². The number of hydrogen-bond acceptors (Lipinski definition) is 2. The fourth-order valence-electron chi connectivity index (χ4n) is 2.94. The van der Waals surface area contributed by atoms with E-state index >= 15 is 0 Å². The minimum Gasteiger partial charge on any atom is -0.310 e. The first-order valence-electron chi connectivity index (χ1n) is 7.35. The number of alkyl halides is 1. The van der Waals surface area contributed by atoms with Crippen LogP contribution in [0.15, 0.2) is 42.5 Å². The van der Waals surface area contributed by atoms with E-state index in [1.807, 2.05) is 36.4 Å². The summed E-state index contributed by atoms with van der Waals surface area (Å²) in [6.07, 6.45) is -0.938. The summed E-state index contributed by atoms with van der Waals surface area (Å²) in [5, 5.41) is 5.33. The second-order valence-electron chi connectivity index (χ2n) is 5.37. The molecule has 2 unspecified atom stereocenters. The molecule has 2 atom stereocenters. The molecule has 1 aliphatic heterocycles. The Balaban J connectivity index is 1.99. The van der Waals surface area contributed by atoms with Crippen molar-refractivity contribution >= 4 is 16.7 Å². The van der Waals surface area contributed by atoms with Crippen molar-refractivity contribution in [3.63, 3.8) is 0 Å². The summed E-state index contributed by atoms with van der Waals surface area (Å²) in [6.45, 7) is 2.56. The fraction of sp³-hybridized carbons (Fsp3) is 0.353. The molecule has 4 heteroatoms. The maximum Gasteiger partial charge on any atom is 0.225 e. The molecule has 3 rings (SSSR count). The molecule has 0 spiro atoms. The van der Waals surface area contributed by atoms with Gasteiger partial charge in [0.05, 0.1) is 6.04 Å². The van der Waals surface area contributed by atoms with Crippen molar-refractivity contribution < 1.29 is 9.18 Å². The molecule has 1 amide bonds. The number of carbonyl (C=O) groups is 1. The van der Waals surface area contributed by atoms with Gasteiger partial charge in [-0.2, -0.15) is 0 Å². The number of halogens is 1. The predicted octanol–water partition coefficient (Wildman–Crippen LogP) is 3.02. The lowest BCUT2D eigenvalue weighted by Crippen LogP contribution is -2.53. The van der Waals surface area contributed by atoms with E-state index in [2.05, 4.69) is 11.4 Å². The summed E-state index contributed by atoms with van der Waals surface area (Å²) >= 11 is 0. The average Bonchev–Trinajstić information content (AvgIpc) is 2.53. The van der Waals surface area contributed by atoms with Gasteiger partial charge in [0.1, 0.15) is 0 Å². The standard InChI is InChI=1S/C17H19FN2O/c1-2-17(21)20-15(10-19-11-16(20)18)14-8-7-12-5-3-4-6-13(12)9-14/h3-9,15-16,19H,2,10-11H2,1H3. The Hall–Kier alpha value is -1.94. The number of piperazine rings is 1. The zero-order valence-corrected chi connectivity index (χ0v) is 12.1. The van der Waals surface area contributed by atoms with E-state index < -0.39 is 6.30 Å². The minimum atomic E-state index is -1.26. The molecule has 0 radical (unpaired) electrons. The third kappa shape index (κ3) is 2.63. The van der Waals surface area contributed by atoms with Crippen LogP contribution in [0.5, 0.6) is 0 Å². The first kappa shape index (κ1) is 14.0. The normalized spacial score (nSPS) is 22.5. The van der Waals surface area contributed by atoms with E-state index in [-0.39, 0.29) is 18.5 Å². The number of hydrogen-bond donors (Lipinski definition) is 1. The van der Waals surface area contributed by atoms with Gasteiger partial charge in [-0.1, -0.05) is 43.3 Å². The van der Waals surface area contributed by atoms with Crippen LogP contribution < -0.4 is 5.32 Å². The highest BCUT2D eigenvalue weighted by Gasteiger charge is 2.34. The molecule has 0 aromatic heterocycles. The van der Waals surface area contributed by atoms with Crippen LogP contribution in [0.4, 0.5) is 4.39 Å². The smallest absolute Gasteiger partial charge is 0.225 e. The number of rotatable bonds is 2. The van der Waals surface area contributed by atoms with Gasteiger partial charge < -0.3 is 10.2 Å². The maximum absolute atomic E-state index is 14.2. The molecule has 110 valence electrons. The van der Waals surface area contributed by atoms with Crippen molar-refractivity contribution in [1.82, 2.24) is 10.2 Å². The summed E-state index contributed by atoms with van der Waals surface area (Å²) in [5.74, 6) is -0.137. The molecule has 1 saturated heterocycles. The molecule has 0 saturated carbocycles. The van der Waals surface area contributed by atoms with Crippen molar-refractivity contribution in [3.05, 3.63) is 48.0 Å². The van der Waals surface area contributed by atoms with Gasteiger partial charge in [0.25, 0.3) is 0 Å². The second-order valence-corrected chi connectivity index (χ2v) is 5.37. The van der Waals surface area contributed by atoms with Crippen molar-refractivity contribution in [3.8, 4) is 0 Å². The first-order chi connectivity index (χ1) is 10.2. The number of nitrogens with zero attached hydrogens (tertiary/aromatic N) is 1. The lowest BCUT2D eigenvalue weighted by Gasteiger charge is -2.39. The van der Waals surface area contributed by atoms with E-state index in [4.69, 9.17) is 0 Å². The van der Waals surface area contributed by atoms with Gasteiger partial charge in [0, 0.05) is 19.5 Å². The first-order valence-corrected chi connectivity index (χ1v) is 7.35. The van der Waals surface area contributed by atoms with Gasteiger partial charge in [-0.25, -0.2) is 4.39 Å². The van der Waals surface area contributed by atoms with Gasteiger partial charge in [0.2, 0.25) is 5.91 Å². The number of fused-ring (bicyclic) bond motifs is 1. The highest BCUT2D eigenvalue weighted by Crippen LogP contribution is 2.29. The predicted molar refractivity (Wildman–Crippen MR) is 81.6 cm³/mol. The van der Waals surface area contributed by atoms with E-state index in [0.29, 0.717) is 13.0 Å². The molecule has 2 aromatic rings. The van der Waals surface area contributed by atoms with Gasteiger partial charge >= 0.3 is 0 Å². The molecule has 2 aromatic carbocycles. The molecule has 1 aliphatic rings. The third-order valence-electron chi connectivity index (χ3n) is 4.04. The Morgan fingerprint density at radius 1 is 1.24 bits per heavy atom. The van der Waals surface area contributed by atoms with Crippen molar-refractivity contribution in [2.45, 2.75) is 25.7 Å². The summed E-state index contributed by atoms with van der Waals surface area (Å²) < 4.78 is 14.2. The maximum atomic E-state index is 14.2. The summed E-state index contributed by atoms with van der Waals surface area (Å²) in [5.41, 5.74) is 0.977. The van der Waals surface area contributed by atoms with Crippen molar-refractivity contribution in [2.24, 2.45) is 0 Å². The fourth-order valence-corrected chi connectivity index (χ4v) is 2.94. The van der Waals surface area contributed by atoms with Crippen LogP contribution in [0.25, 0.3) is 10.8 Å². The second kappa shape index (κ2) is 5.82. The minimum absolute atomic E-state index is 0.137. The number of benzene rings is 2. The highest BCUT2D eigenvalue weighted by molar-refractivity contribution is 5.83. The van der Waals surface area contributed by atoms with Crippen LogP contribution in [0.1, 0.15) is 24.9 Å². The molecule has 0 aliphatic carbocycles. The van der Waals surface area contributed by atoms with Crippen molar-refractivity contribution in [2.75, 3.05) is 13.1 Å². The van der Waals surface area contributed by atoms with Crippen LogP contribution in [0.2, 0.25) is 0 Å². The summed E-state index contributed by atoms with van der Waals surface area (Å²) in [6, 6.07) is 13.9. The average molecular weight is 286 g/mol. The Morgan fingerprint density at radius 2 is 2.00 bits per heavy atom. The molecular weight excluding hydrogens is 267 g/mol. The van der Waals surface area contributed by atoms with Crippen LogP contribution in [-0.2, 0) is 4.79 Å². The van der Waals surface area contributed by atoms with Crippen LogP contribution in [0.3, 0.4) is 0 Å². The Bertz CT molecular complexity index is 658. The zero-order valence-electron chi connectivity index (χ0n) is 12.1. The van der Waals surface area contributed by atoms with Crippen molar-refractivity contribution in [1.29, 1.82) is 0 Å². The Labute approximate surface area is 123 Å². The summed E-state index contributed by atoms with van der Waals surface area (Å²) in [7, 11) is 0. The van der Waals surface area contributed by atoms with Crippen LogP contribution in [-0.4, -0.2) is 30.2 Å². The topological polar surface area (TPSA) is 32.3 Å². The number of carbonyl (C=O) groups excluding carboxylic acids is 1. The molecule has 3 nitrogen and oxygen atoms in total. The zero-order chi connectivity index (χ0) is 14.8. The Kier molecular flexibility index (Phi) is 3.88. The quantitative estimate of drug-likeness (QED) is 0.861. The van der Waals surface area contributed by atoms with Gasteiger partial charge in [-0.05, 0) is 22.4 Å². The number of nitrogens with one attached hydrogen (secondary N) is 1. The van der Waals surface area contributed by atoms with Gasteiger partial charge in [-0.15, -0.1) is 0 Å². The highest BCUT2D eigenvalue weighted by atomic mass is 19.1. The Morgan fingerprint density at radius 3 is 2.76 bits per heavy atom. The molecule has 1 heterocycles. The molecule has 0 bridgehead atoms. The van der Waals surface area contributed by atoms with E-state index in [0.717, 1.165) is 16.3 Å². The van der Waals surface area contributed by atoms with Crippen LogP contribution in [0, 0.1) is 0 Å². The van der Waals surface area contributed by atoms with Gasteiger partial charge in [0.15, 0.2) is 6.30 Å². The van der Waals surface area contributed by atoms with Gasteiger partial charge in [-0.3, -0.25) is 4.79 Å². The van der Waals surface area contributed by atoms with E-state index in [1.165, 1.54) is 4.90 Å². The largest absolute Gasteiger partial charge is 0.310 e. The SMILES string of the molecule is CCC(=O)N1C(F)CNCC1c1ccc2ccccc2c1. The molecule has 1 N–H and O–H groups in total. The monoisotopic (exact) mass is 286 g/mol.